The summed E-state index contributed by atoms with van der Waals surface area (Å²) in [4.78, 5) is 3.35. The third kappa shape index (κ3) is 2.34. The van der Waals surface area contributed by atoms with Crippen molar-refractivity contribution in [3.05, 3.63) is 45.5 Å². The number of benzene rings is 2. The molecule has 0 spiro atoms. The summed E-state index contributed by atoms with van der Waals surface area (Å²) in [6.07, 6.45) is 0. The summed E-state index contributed by atoms with van der Waals surface area (Å²) >= 11 is 7.21. The minimum atomic E-state index is 0.729. The molecule has 1 heterocycles. The number of nitrogens with one attached hydrogen (secondary N) is 1. The monoisotopic (exact) mass is 409 g/mol. The lowest BCUT2D eigenvalue weighted by molar-refractivity contribution is 0.396. The van der Waals surface area contributed by atoms with Crippen molar-refractivity contribution >= 4 is 42.8 Å². The molecule has 0 amide bonds. The smallest absolute Gasteiger partial charge is 0.138 e. The minimum Gasteiger partial charge on any atom is -0.496 e. The molecule has 0 fully saturated rings. The molecule has 0 atom stereocenters. The van der Waals surface area contributed by atoms with Gasteiger partial charge in [0, 0.05) is 11.6 Å². The standard InChI is InChI=1S/C16H13Br2NO2/c1-20-10-8-11(21-2)14(17)15-13(10)12(16(18)19-15)9-6-4-3-5-7-9/h3-8,19H,1-2H3. The number of hydrogen-bond acceptors (Lipinski definition) is 2. The van der Waals surface area contributed by atoms with Crippen LogP contribution in [-0.2, 0) is 0 Å². The molecule has 108 valence electrons. The zero-order valence-corrected chi connectivity index (χ0v) is 14.7. The van der Waals surface area contributed by atoms with Crippen LogP contribution in [-0.4, -0.2) is 19.2 Å². The summed E-state index contributed by atoms with van der Waals surface area (Å²) in [6.45, 7) is 0. The Hall–Kier alpha value is -1.46. The fourth-order valence-electron chi connectivity index (χ4n) is 2.44. The zero-order chi connectivity index (χ0) is 15.0. The number of hydrogen-bond donors (Lipinski definition) is 1. The van der Waals surface area contributed by atoms with Crippen molar-refractivity contribution in [2.75, 3.05) is 14.2 Å². The molecule has 0 aliphatic heterocycles. The molecule has 0 unspecified atom stereocenters. The maximum Gasteiger partial charge on any atom is 0.138 e. The van der Waals surface area contributed by atoms with Crippen LogP contribution in [0.1, 0.15) is 0 Å². The molecule has 0 bridgehead atoms. The van der Waals surface area contributed by atoms with Gasteiger partial charge in [0.1, 0.15) is 11.5 Å². The molecule has 1 N–H and O–H groups in total. The number of ether oxygens (including phenoxy) is 2. The molecule has 3 aromatic rings. The predicted molar refractivity (Wildman–Crippen MR) is 92.2 cm³/mol. The van der Waals surface area contributed by atoms with Crippen LogP contribution in [0.5, 0.6) is 11.5 Å². The number of fused-ring (bicyclic) bond motifs is 1. The Morgan fingerprint density at radius 3 is 2.24 bits per heavy atom. The Bertz CT molecular complexity index is 797. The number of rotatable bonds is 3. The van der Waals surface area contributed by atoms with E-state index in [4.69, 9.17) is 9.47 Å². The van der Waals surface area contributed by atoms with Crippen molar-refractivity contribution in [1.29, 1.82) is 0 Å². The molecular weight excluding hydrogens is 398 g/mol. The van der Waals surface area contributed by atoms with Gasteiger partial charge in [-0.15, -0.1) is 0 Å². The van der Waals surface area contributed by atoms with Crippen molar-refractivity contribution < 1.29 is 9.47 Å². The van der Waals surface area contributed by atoms with E-state index < -0.39 is 0 Å². The second-order valence-corrected chi connectivity index (χ2v) is 6.11. The lowest BCUT2D eigenvalue weighted by Gasteiger charge is -2.10. The fraction of sp³-hybridized carbons (Fsp3) is 0.125. The van der Waals surface area contributed by atoms with E-state index in [1.165, 1.54) is 0 Å². The van der Waals surface area contributed by atoms with Gasteiger partial charge in [0.2, 0.25) is 0 Å². The minimum absolute atomic E-state index is 0.729. The lowest BCUT2D eigenvalue weighted by Crippen LogP contribution is -1.90. The highest BCUT2D eigenvalue weighted by Gasteiger charge is 2.20. The molecule has 3 nitrogen and oxygen atoms in total. The number of aromatic amines is 1. The van der Waals surface area contributed by atoms with Crippen LogP contribution in [0.25, 0.3) is 22.0 Å². The van der Waals surface area contributed by atoms with Crippen LogP contribution in [0.2, 0.25) is 0 Å². The normalized spacial score (nSPS) is 10.9. The summed E-state index contributed by atoms with van der Waals surface area (Å²) in [5, 5.41) is 1.02. The quantitative estimate of drug-likeness (QED) is 0.629. The van der Waals surface area contributed by atoms with E-state index in [9.17, 15) is 0 Å². The zero-order valence-electron chi connectivity index (χ0n) is 11.5. The number of aromatic nitrogens is 1. The topological polar surface area (TPSA) is 34.2 Å². The Kier molecular flexibility index (Phi) is 3.95. The van der Waals surface area contributed by atoms with Crippen molar-refractivity contribution in [2.45, 2.75) is 0 Å². The average molecular weight is 411 g/mol. The molecule has 1 aromatic heterocycles. The SMILES string of the molecule is COc1cc(OC)c2c(-c3ccccc3)c(Br)[nH]c2c1Br. The summed E-state index contributed by atoms with van der Waals surface area (Å²) in [5.41, 5.74) is 3.13. The van der Waals surface area contributed by atoms with E-state index in [1.807, 2.05) is 24.3 Å². The molecule has 0 aliphatic carbocycles. The highest BCUT2D eigenvalue weighted by molar-refractivity contribution is 9.11. The molecule has 0 saturated carbocycles. The van der Waals surface area contributed by atoms with Gasteiger partial charge in [-0.1, -0.05) is 30.3 Å². The Morgan fingerprint density at radius 1 is 0.952 bits per heavy atom. The van der Waals surface area contributed by atoms with E-state index in [2.05, 4.69) is 49.0 Å². The van der Waals surface area contributed by atoms with Gasteiger partial charge in [0.25, 0.3) is 0 Å². The van der Waals surface area contributed by atoms with Crippen molar-refractivity contribution in [2.24, 2.45) is 0 Å². The fourth-order valence-corrected chi connectivity index (χ4v) is 3.64. The van der Waals surface area contributed by atoms with Gasteiger partial charge in [0.15, 0.2) is 0 Å². The number of methoxy groups -OCH3 is 2. The molecule has 5 heteroatoms. The molecular formula is C16H13Br2NO2. The van der Waals surface area contributed by atoms with Crippen molar-refractivity contribution in [1.82, 2.24) is 4.98 Å². The van der Waals surface area contributed by atoms with Gasteiger partial charge in [-0.2, -0.15) is 0 Å². The first-order valence-electron chi connectivity index (χ1n) is 6.34. The summed E-state index contributed by atoms with van der Waals surface area (Å²) < 4.78 is 12.7. The average Bonchev–Trinajstić information content (AvgIpc) is 2.86. The van der Waals surface area contributed by atoms with Crippen LogP contribution in [0, 0.1) is 0 Å². The maximum atomic E-state index is 5.56. The van der Waals surface area contributed by atoms with Crippen LogP contribution in [0.4, 0.5) is 0 Å². The van der Waals surface area contributed by atoms with E-state index in [0.717, 1.165) is 42.6 Å². The van der Waals surface area contributed by atoms with Gasteiger partial charge >= 0.3 is 0 Å². The van der Waals surface area contributed by atoms with E-state index in [1.54, 1.807) is 14.2 Å². The van der Waals surface area contributed by atoms with Gasteiger partial charge < -0.3 is 14.5 Å². The van der Waals surface area contributed by atoms with E-state index in [0.29, 0.717) is 0 Å². The van der Waals surface area contributed by atoms with Gasteiger partial charge in [0.05, 0.1) is 34.2 Å². The Labute approximate surface area is 139 Å². The van der Waals surface area contributed by atoms with E-state index >= 15 is 0 Å². The molecule has 21 heavy (non-hydrogen) atoms. The van der Waals surface area contributed by atoms with E-state index in [-0.39, 0.29) is 0 Å². The lowest BCUT2D eigenvalue weighted by atomic mass is 10.0. The molecule has 0 aliphatic rings. The highest BCUT2D eigenvalue weighted by Crippen LogP contribution is 2.46. The first-order chi connectivity index (χ1) is 10.2. The Morgan fingerprint density at radius 2 is 1.62 bits per heavy atom. The number of halogens is 2. The summed E-state index contributed by atoms with van der Waals surface area (Å²) in [7, 11) is 3.30. The maximum absolute atomic E-state index is 5.56. The van der Waals surface area contributed by atoms with Crippen LogP contribution >= 0.6 is 31.9 Å². The molecule has 0 radical (unpaired) electrons. The molecule has 0 saturated heterocycles. The van der Waals surface area contributed by atoms with Crippen LogP contribution in [0.15, 0.2) is 45.5 Å². The van der Waals surface area contributed by atoms with Crippen molar-refractivity contribution in [3.63, 3.8) is 0 Å². The Balaban J connectivity index is 2.42. The van der Waals surface area contributed by atoms with Crippen LogP contribution in [0.3, 0.4) is 0 Å². The third-order valence-corrected chi connectivity index (χ3v) is 4.78. The van der Waals surface area contributed by atoms with Gasteiger partial charge in [-0.05, 0) is 37.4 Å². The summed E-state index contributed by atoms with van der Waals surface area (Å²) in [5.74, 6) is 1.50. The number of H-pyrrole nitrogens is 1. The second-order valence-electron chi connectivity index (χ2n) is 4.53. The first-order valence-corrected chi connectivity index (χ1v) is 7.93. The van der Waals surface area contributed by atoms with Gasteiger partial charge in [-0.25, -0.2) is 0 Å². The van der Waals surface area contributed by atoms with Crippen LogP contribution < -0.4 is 9.47 Å². The third-order valence-electron chi connectivity index (χ3n) is 3.40. The second kappa shape index (κ2) is 5.73. The predicted octanol–water partition coefficient (Wildman–Crippen LogP) is 5.38. The highest BCUT2D eigenvalue weighted by atomic mass is 79.9. The molecule has 3 rings (SSSR count). The van der Waals surface area contributed by atoms with Crippen molar-refractivity contribution in [3.8, 4) is 22.6 Å². The molecule has 2 aromatic carbocycles. The summed E-state index contributed by atoms with van der Waals surface area (Å²) in [6, 6.07) is 12.1. The largest absolute Gasteiger partial charge is 0.496 e. The first kappa shape index (κ1) is 14.5. The van der Waals surface area contributed by atoms with Gasteiger partial charge in [-0.3, -0.25) is 0 Å².